The zero-order valence-electron chi connectivity index (χ0n) is 14.1. The molecule has 0 aliphatic rings. The summed E-state index contributed by atoms with van der Waals surface area (Å²) in [7, 11) is 1.08. The number of hydrogen-bond donors (Lipinski definition) is 0. The minimum atomic E-state index is -4.63. The van der Waals surface area contributed by atoms with Crippen LogP contribution in [0.5, 0.6) is 0 Å². The molecule has 0 saturated heterocycles. The Morgan fingerprint density at radius 2 is 1.85 bits per heavy atom. The van der Waals surface area contributed by atoms with Crippen LogP contribution in [-0.2, 0) is 15.2 Å². The van der Waals surface area contributed by atoms with Crippen molar-refractivity contribution in [1.82, 2.24) is 0 Å². The summed E-state index contributed by atoms with van der Waals surface area (Å²) in [5.74, 6) is -0.931. The first-order valence-electron chi connectivity index (χ1n) is 7.53. The Labute approximate surface area is 158 Å². The van der Waals surface area contributed by atoms with Crippen LogP contribution in [0.1, 0.15) is 23.6 Å². The molecule has 0 aliphatic heterocycles. The quantitative estimate of drug-likeness (QED) is 0.509. The highest BCUT2D eigenvalue weighted by atomic mass is 35.7. The molecule has 0 aliphatic carbocycles. The van der Waals surface area contributed by atoms with E-state index in [1.807, 2.05) is 0 Å². The first kappa shape index (κ1) is 21.0. The summed E-state index contributed by atoms with van der Waals surface area (Å²) in [6, 6.07) is 6.12. The number of rotatable bonds is 4. The van der Waals surface area contributed by atoms with Crippen LogP contribution in [0.2, 0.25) is 0 Å². The molecule has 0 aromatic heterocycles. The van der Waals surface area contributed by atoms with Gasteiger partial charge in [0.05, 0.1) is 27.4 Å². The number of anilines is 2. The van der Waals surface area contributed by atoms with Crippen LogP contribution >= 0.6 is 10.7 Å². The Morgan fingerprint density at radius 3 is 2.30 bits per heavy atom. The Bertz CT molecular complexity index is 1010. The molecule has 0 saturated carbocycles. The summed E-state index contributed by atoms with van der Waals surface area (Å²) < 4.78 is 76.1. The second-order valence-corrected chi connectivity index (χ2v) is 8.16. The first-order valence-corrected chi connectivity index (χ1v) is 9.84. The zero-order valence-corrected chi connectivity index (χ0v) is 15.7. The summed E-state index contributed by atoms with van der Waals surface area (Å²) in [6.45, 7) is 3.16. The van der Waals surface area contributed by atoms with E-state index >= 15 is 0 Å². The van der Waals surface area contributed by atoms with E-state index in [0.29, 0.717) is 6.07 Å². The molecule has 27 heavy (non-hydrogen) atoms. The van der Waals surface area contributed by atoms with Crippen LogP contribution in [0.25, 0.3) is 0 Å². The summed E-state index contributed by atoms with van der Waals surface area (Å²) in [4.78, 5) is 0.862. The average molecular weight is 421 g/mol. The Kier molecular flexibility index (Phi) is 5.73. The van der Waals surface area contributed by atoms with Gasteiger partial charge in [-0.25, -0.2) is 12.8 Å². The van der Waals surface area contributed by atoms with Crippen molar-refractivity contribution in [2.45, 2.75) is 24.9 Å². The third-order valence-corrected chi connectivity index (χ3v) is 5.16. The Balaban J connectivity index is 2.67. The number of hydrogen-bond acceptors (Lipinski definition) is 4. The monoisotopic (exact) mass is 420 g/mol. The van der Waals surface area contributed by atoms with Gasteiger partial charge in [0.1, 0.15) is 11.9 Å². The van der Waals surface area contributed by atoms with Crippen molar-refractivity contribution >= 4 is 31.1 Å². The molecular formula is C17H13ClF4N2O2S. The number of nitrogens with zero attached hydrogens (tertiary/aromatic N) is 2. The van der Waals surface area contributed by atoms with E-state index in [1.165, 1.54) is 11.8 Å². The SMILES string of the molecule is CCN(c1ccc(C(F)(F)F)cc1C#N)c1c(C)cc(S(=O)(=O)Cl)cc1F. The molecule has 0 radical (unpaired) electrons. The van der Waals surface area contributed by atoms with Gasteiger partial charge in [-0.15, -0.1) is 0 Å². The highest BCUT2D eigenvalue weighted by Gasteiger charge is 2.32. The third-order valence-electron chi connectivity index (χ3n) is 3.83. The van der Waals surface area contributed by atoms with E-state index in [1.54, 1.807) is 13.0 Å². The van der Waals surface area contributed by atoms with Crippen molar-refractivity contribution in [3.63, 3.8) is 0 Å². The minimum Gasteiger partial charge on any atom is -0.338 e. The number of alkyl halides is 3. The maximum atomic E-state index is 14.6. The van der Waals surface area contributed by atoms with Gasteiger partial charge < -0.3 is 4.90 Å². The molecular weight excluding hydrogens is 408 g/mol. The normalized spacial score (nSPS) is 11.9. The van der Waals surface area contributed by atoms with Crippen molar-refractivity contribution < 1.29 is 26.0 Å². The van der Waals surface area contributed by atoms with Crippen molar-refractivity contribution in [2.75, 3.05) is 11.4 Å². The van der Waals surface area contributed by atoms with Gasteiger partial charge in [0.25, 0.3) is 9.05 Å². The zero-order chi connectivity index (χ0) is 20.6. The smallest absolute Gasteiger partial charge is 0.338 e. The fourth-order valence-corrected chi connectivity index (χ4v) is 3.50. The van der Waals surface area contributed by atoms with Gasteiger partial charge in [0, 0.05) is 17.2 Å². The molecule has 144 valence electrons. The molecule has 0 bridgehead atoms. The van der Waals surface area contributed by atoms with Gasteiger partial charge in [-0.2, -0.15) is 18.4 Å². The number of benzene rings is 2. The van der Waals surface area contributed by atoms with Crippen LogP contribution in [0.15, 0.2) is 35.2 Å². The summed E-state index contributed by atoms with van der Waals surface area (Å²) in [5.41, 5.74) is -1.09. The van der Waals surface area contributed by atoms with E-state index in [9.17, 15) is 31.2 Å². The van der Waals surface area contributed by atoms with Crippen molar-refractivity contribution in [3.05, 3.63) is 52.8 Å². The van der Waals surface area contributed by atoms with E-state index in [0.717, 1.165) is 24.3 Å². The first-order chi connectivity index (χ1) is 12.4. The van der Waals surface area contributed by atoms with Crippen LogP contribution in [0, 0.1) is 24.1 Å². The van der Waals surface area contributed by atoms with Crippen LogP contribution in [-0.4, -0.2) is 15.0 Å². The molecule has 2 rings (SSSR count). The van der Waals surface area contributed by atoms with Crippen LogP contribution in [0.3, 0.4) is 0 Å². The van der Waals surface area contributed by atoms with Crippen LogP contribution < -0.4 is 4.90 Å². The Morgan fingerprint density at radius 1 is 1.22 bits per heavy atom. The number of halogens is 5. The van der Waals surface area contributed by atoms with Gasteiger partial charge in [-0.3, -0.25) is 0 Å². The molecule has 0 amide bonds. The molecule has 4 nitrogen and oxygen atoms in total. The predicted molar refractivity (Wildman–Crippen MR) is 93.0 cm³/mol. The number of nitriles is 1. The highest BCUT2D eigenvalue weighted by molar-refractivity contribution is 8.13. The molecule has 0 atom stereocenters. The molecule has 10 heteroatoms. The van der Waals surface area contributed by atoms with E-state index in [4.69, 9.17) is 10.7 Å². The van der Waals surface area contributed by atoms with Gasteiger partial charge in [0.2, 0.25) is 0 Å². The standard InChI is InChI=1S/C17H13ClF4N2O2S/c1-3-24(15-5-4-12(17(20,21)22)7-11(15)9-23)16-10(2)6-13(8-14(16)19)27(18,25)26/h4-8H,3H2,1-2H3. The molecule has 2 aromatic rings. The van der Waals surface area contributed by atoms with Crippen molar-refractivity contribution in [1.29, 1.82) is 5.26 Å². The molecule has 0 N–H and O–H groups in total. The fraction of sp³-hybridized carbons (Fsp3) is 0.235. The molecule has 0 spiro atoms. The number of aryl methyl sites for hydroxylation is 1. The summed E-state index contributed by atoms with van der Waals surface area (Å²) >= 11 is 0. The lowest BCUT2D eigenvalue weighted by Crippen LogP contribution is -2.20. The second-order valence-electron chi connectivity index (χ2n) is 5.59. The Hall–Kier alpha value is -2.31. The highest BCUT2D eigenvalue weighted by Crippen LogP contribution is 2.37. The van der Waals surface area contributed by atoms with E-state index < -0.39 is 31.5 Å². The second kappa shape index (κ2) is 7.37. The lowest BCUT2D eigenvalue weighted by molar-refractivity contribution is -0.137. The van der Waals surface area contributed by atoms with E-state index in [2.05, 4.69) is 0 Å². The lowest BCUT2D eigenvalue weighted by atomic mass is 10.1. The third kappa shape index (κ3) is 4.34. The molecule has 0 fully saturated rings. The molecule has 2 aromatic carbocycles. The molecule has 0 heterocycles. The van der Waals surface area contributed by atoms with Gasteiger partial charge >= 0.3 is 6.18 Å². The largest absolute Gasteiger partial charge is 0.416 e. The topological polar surface area (TPSA) is 61.2 Å². The maximum absolute atomic E-state index is 14.6. The van der Waals surface area contributed by atoms with Crippen molar-refractivity contribution in [2.24, 2.45) is 0 Å². The van der Waals surface area contributed by atoms with Crippen molar-refractivity contribution in [3.8, 4) is 6.07 Å². The fourth-order valence-electron chi connectivity index (χ4n) is 2.67. The average Bonchev–Trinajstić information content (AvgIpc) is 2.55. The summed E-state index contributed by atoms with van der Waals surface area (Å²) in [6.07, 6.45) is -4.63. The summed E-state index contributed by atoms with van der Waals surface area (Å²) in [5, 5.41) is 9.25. The van der Waals surface area contributed by atoms with Gasteiger partial charge in [-0.1, -0.05) is 0 Å². The molecule has 0 unspecified atom stereocenters. The van der Waals surface area contributed by atoms with Gasteiger partial charge in [0.15, 0.2) is 0 Å². The van der Waals surface area contributed by atoms with Crippen LogP contribution in [0.4, 0.5) is 28.9 Å². The van der Waals surface area contributed by atoms with Gasteiger partial charge in [-0.05, 0) is 49.7 Å². The lowest BCUT2D eigenvalue weighted by Gasteiger charge is -2.27. The minimum absolute atomic E-state index is 0.0576. The van der Waals surface area contributed by atoms with E-state index in [-0.39, 0.29) is 29.0 Å². The maximum Gasteiger partial charge on any atom is 0.416 e. The predicted octanol–water partition coefficient (Wildman–Crippen LogP) is 5.11.